The molecule has 5 nitrogen and oxygen atoms in total. The zero-order chi connectivity index (χ0) is 17.1. The number of fused-ring (bicyclic) bond motifs is 1. The normalized spacial score (nSPS) is 10.6. The standard InChI is InChI=1S/C18H15ClN2O3/c1-24-17-7-6-13(8-15(17)19)20-18(23)10-21-9-12(11-22)14-4-2-3-5-16(14)21/h2-9,11H,10H2,1H3,(H,20,23). The molecule has 0 aliphatic rings. The molecule has 0 unspecified atom stereocenters. The van der Waals surface area contributed by atoms with Crippen LogP contribution in [0.3, 0.4) is 0 Å². The first-order valence-electron chi connectivity index (χ1n) is 7.29. The third kappa shape index (κ3) is 3.12. The molecule has 0 aliphatic carbocycles. The van der Waals surface area contributed by atoms with Gasteiger partial charge in [0, 0.05) is 28.4 Å². The summed E-state index contributed by atoms with van der Waals surface area (Å²) >= 11 is 6.05. The minimum atomic E-state index is -0.213. The summed E-state index contributed by atoms with van der Waals surface area (Å²) in [4.78, 5) is 23.5. The van der Waals surface area contributed by atoms with Crippen molar-refractivity contribution in [2.24, 2.45) is 0 Å². The lowest BCUT2D eigenvalue weighted by atomic mass is 10.2. The van der Waals surface area contributed by atoms with E-state index in [9.17, 15) is 9.59 Å². The molecule has 0 saturated carbocycles. The first-order chi connectivity index (χ1) is 11.6. The van der Waals surface area contributed by atoms with Crippen LogP contribution in [0.5, 0.6) is 5.75 Å². The van der Waals surface area contributed by atoms with E-state index in [2.05, 4.69) is 5.32 Å². The topological polar surface area (TPSA) is 60.3 Å². The number of halogens is 1. The molecule has 3 rings (SSSR count). The van der Waals surface area contributed by atoms with Crippen molar-refractivity contribution in [1.82, 2.24) is 4.57 Å². The molecule has 3 aromatic rings. The number of benzene rings is 2. The molecule has 0 spiro atoms. The summed E-state index contributed by atoms with van der Waals surface area (Å²) in [5.41, 5.74) is 1.98. The van der Waals surface area contributed by atoms with E-state index in [4.69, 9.17) is 16.3 Å². The highest BCUT2D eigenvalue weighted by atomic mass is 35.5. The molecule has 122 valence electrons. The van der Waals surface area contributed by atoms with Crippen LogP contribution in [0.15, 0.2) is 48.7 Å². The summed E-state index contributed by atoms with van der Waals surface area (Å²) in [5, 5.41) is 4.03. The second-order valence-corrected chi connectivity index (χ2v) is 5.65. The van der Waals surface area contributed by atoms with Gasteiger partial charge in [0.2, 0.25) is 5.91 Å². The van der Waals surface area contributed by atoms with Crippen molar-refractivity contribution < 1.29 is 14.3 Å². The Labute approximate surface area is 143 Å². The number of nitrogens with one attached hydrogen (secondary N) is 1. The molecule has 2 aromatic carbocycles. The van der Waals surface area contributed by atoms with Crippen LogP contribution in [-0.4, -0.2) is 23.9 Å². The maximum absolute atomic E-state index is 12.3. The van der Waals surface area contributed by atoms with Crippen LogP contribution >= 0.6 is 11.6 Å². The van der Waals surface area contributed by atoms with Crippen molar-refractivity contribution in [3.8, 4) is 5.75 Å². The van der Waals surface area contributed by atoms with Gasteiger partial charge < -0.3 is 14.6 Å². The maximum atomic E-state index is 12.3. The fourth-order valence-corrected chi connectivity index (χ4v) is 2.86. The number of nitrogens with zero attached hydrogens (tertiary/aromatic N) is 1. The molecule has 1 amide bonds. The van der Waals surface area contributed by atoms with Crippen LogP contribution < -0.4 is 10.1 Å². The first-order valence-corrected chi connectivity index (χ1v) is 7.66. The average molecular weight is 343 g/mol. The Bertz CT molecular complexity index is 918. The molecule has 1 N–H and O–H groups in total. The number of para-hydroxylation sites is 1. The van der Waals surface area contributed by atoms with Crippen LogP contribution in [0.25, 0.3) is 10.9 Å². The van der Waals surface area contributed by atoms with Gasteiger partial charge in [0.1, 0.15) is 12.3 Å². The van der Waals surface area contributed by atoms with Crippen LogP contribution in [0.4, 0.5) is 5.69 Å². The lowest BCUT2D eigenvalue weighted by Gasteiger charge is -2.09. The van der Waals surface area contributed by atoms with E-state index in [1.807, 2.05) is 24.3 Å². The van der Waals surface area contributed by atoms with E-state index < -0.39 is 0 Å². The van der Waals surface area contributed by atoms with Crippen LogP contribution in [0.2, 0.25) is 5.02 Å². The predicted octanol–water partition coefficient (Wildman–Crippen LogP) is 3.75. The number of carbonyl (C=O) groups excluding carboxylic acids is 2. The second-order valence-electron chi connectivity index (χ2n) is 5.24. The summed E-state index contributed by atoms with van der Waals surface area (Å²) in [6.45, 7) is 0.0952. The molecular weight excluding hydrogens is 328 g/mol. The largest absolute Gasteiger partial charge is 0.495 e. The molecular formula is C18H15ClN2O3. The number of carbonyl (C=O) groups is 2. The van der Waals surface area contributed by atoms with Gasteiger partial charge in [0.25, 0.3) is 0 Å². The molecule has 1 aromatic heterocycles. The monoisotopic (exact) mass is 342 g/mol. The Kier molecular flexibility index (Phi) is 4.53. The number of hydrogen-bond donors (Lipinski definition) is 1. The first kappa shape index (κ1) is 16.1. The zero-order valence-electron chi connectivity index (χ0n) is 13.0. The van der Waals surface area contributed by atoms with Gasteiger partial charge in [0.15, 0.2) is 6.29 Å². The van der Waals surface area contributed by atoms with Crippen molar-refractivity contribution >= 4 is 40.4 Å². The predicted molar refractivity (Wildman–Crippen MR) is 94.0 cm³/mol. The van der Waals surface area contributed by atoms with E-state index in [1.54, 1.807) is 29.0 Å². The number of aldehydes is 1. The quantitative estimate of drug-likeness (QED) is 0.718. The minimum absolute atomic E-state index is 0.0952. The molecule has 0 fully saturated rings. The van der Waals surface area contributed by atoms with Gasteiger partial charge in [-0.1, -0.05) is 29.8 Å². The van der Waals surface area contributed by atoms with Gasteiger partial charge in [0.05, 0.1) is 12.1 Å². The van der Waals surface area contributed by atoms with Gasteiger partial charge in [-0.3, -0.25) is 9.59 Å². The van der Waals surface area contributed by atoms with Crippen LogP contribution in [0.1, 0.15) is 10.4 Å². The van der Waals surface area contributed by atoms with Crippen molar-refractivity contribution in [2.45, 2.75) is 6.54 Å². The Morgan fingerprint density at radius 1 is 1.29 bits per heavy atom. The van der Waals surface area contributed by atoms with Crippen molar-refractivity contribution in [1.29, 1.82) is 0 Å². The summed E-state index contributed by atoms with van der Waals surface area (Å²) in [6.07, 6.45) is 2.47. The number of methoxy groups -OCH3 is 1. The number of ether oxygens (including phenoxy) is 1. The van der Waals surface area contributed by atoms with Crippen molar-refractivity contribution in [3.05, 3.63) is 59.2 Å². The highest BCUT2D eigenvalue weighted by molar-refractivity contribution is 6.32. The third-order valence-corrected chi connectivity index (χ3v) is 3.99. The van der Waals surface area contributed by atoms with E-state index >= 15 is 0 Å². The zero-order valence-corrected chi connectivity index (χ0v) is 13.7. The fraction of sp³-hybridized carbons (Fsp3) is 0.111. The SMILES string of the molecule is COc1ccc(NC(=O)Cn2cc(C=O)c3ccccc32)cc1Cl. The Morgan fingerprint density at radius 3 is 2.79 bits per heavy atom. The van der Waals surface area contributed by atoms with Gasteiger partial charge >= 0.3 is 0 Å². The Hall–Kier alpha value is -2.79. The van der Waals surface area contributed by atoms with Gasteiger partial charge in [-0.25, -0.2) is 0 Å². The third-order valence-electron chi connectivity index (χ3n) is 3.70. The molecule has 0 aliphatic heterocycles. The van der Waals surface area contributed by atoms with E-state index in [0.29, 0.717) is 22.0 Å². The fourth-order valence-electron chi connectivity index (χ4n) is 2.60. The highest BCUT2D eigenvalue weighted by Crippen LogP contribution is 2.27. The summed E-state index contributed by atoms with van der Waals surface area (Å²) in [5.74, 6) is 0.330. The highest BCUT2D eigenvalue weighted by Gasteiger charge is 2.11. The van der Waals surface area contributed by atoms with Crippen LogP contribution in [0, 0.1) is 0 Å². The average Bonchev–Trinajstić information content (AvgIpc) is 2.93. The molecule has 0 atom stereocenters. The van der Waals surface area contributed by atoms with Gasteiger partial charge in [-0.2, -0.15) is 0 Å². The maximum Gasteiger partial charge on any atom is 0.244 e. The number of hydrogen-bond acceptors (Lipinski definition) is 3. The van der Waals surface area contributed by atoms with E-state index in [1.165, 1.54) is 7.11 Å². The van der Waals surface area contributed by atoms with E-state index in [-0.39, 0.29) is 12.5 Å². The van der Waals surface area contributed by atoms with E-state index in [0.717, 1.165) is 17.2 Å². The lowest BCUT2D eigenvalue weighted by Crippen LogP contribution is -2.18. The molecule has 6 heteroatoms. The Morgan fingerprint density at radius 2 is 2.08 bits per heavy atom. The number of aromatic nitrogens is 1. The smallest absolute Gasteiger partial charge is 0.244 e. The lowest BCUT2D eigenvalue weighted by molar-refractivity contribution is -0.116. The summed E-state index contributed by atoms with van der Waals surface area (Å²) < 4.78 is 6.83. The Balaban J connectivity index is 1.80. The molecule has 0 bridgehead atoms. The summed E-state index contributed by atoms with van der Waals surface area (Å²) in [7, 11) is 1.53. The second kappa shape index (κ2) is 6.76. The van der Waals surface area contributed by atoms with Gasteiger partial charge in [-0.15, -0.1) is 0 Å². The van der Waals surface area contributed by atoms with Gasteiger partial charge in [-0.05, 0) is 24.3 Å². The van der Waals surface area contributed by atoms with Crippen LogP contribution in [-0.2, 0) is 11.3 Å². The number of rotatable bonds is 5. The molecule has 24 heavy (non-hydrogen) atoms. The summed E-state index contributed by atoms with van der Waals surface area (Å²) in [6, 6.07) is 12.5. The van der Waals surface area contributed by atoms with Crippen molar-refractivity contribution in [2.75, 3.05) is 12.4 Å². The number of amides is 1. The molecule has 0 saturated heterocycles. The minimum Gasteiger partial charge on any atom is -0.495 e. The molecule has 0 radical (unpaired) electrons. The number of anilines is 1. The van der Waals surface area contributed by atoms with Crippen molar-refractivity contribution in [3.63, 3.8) is 0 Å². The molecule has 1 heterocycles.